The second-order valence-corrected chi connectivity index (χ2v) is 6.60. The third-order valence-corrected chi connectivity index (χ3v) is 4.36. The number of carbonyl (C=O) groups is 1. The van der Waals surface area contributed by atoms with Crippen molar-refractivity contribution < 1.29 is 9.32 Å². The second-order valence-electron chi connectivity index (χ2n) is 6.16. The van der Waals surface area contributed by atoms with Crippen molar-refractivity contribution in [3.8, 4) is 11.4 Å². The Balaban J connectivity index is 1.85. The molecule has 1 aliphatic rings. The molecule has 23 heavy (non-hydrogen) atoms. The van der Waals surface area contributed by atoms with Gasteiger partial charge in [0.15, 0.2) is 0 Å². The van der Waals surface area contributed by atoms with Crippen molar-refractivity contribution in [3.05, 3.63) is 35.2 Å². The number of nitrogens with zero attached hydrogens (tertiary/aromatic N) is 3. The van der Waals surface area contributed by atoms with Crippen molar-refractivity contribution in [2.45, 2.75) is 39.2 Å². The summed E-state index contributed by atoms with van der Waals surface area (Å²) in [6.07, 6.45) is 2.94. The standard InChI is InChI=1S/C17H20ClN3O2/c1-11(2)17(22)21-10-4-3-5-14(21)16-19-15(20-23-16)12-6-8-13(18)9-7-12/h6-9,11,14H,3-5,10H2,1-2H3. The molecule has 0 N–H and O–H groups in total. The van der Waals surface area contributed by atoms with E-state index in [1.54, 1.807) is 12.1 Å². The molecule has 1 saturated heterocycles. The van der Waals surface area contributed by atoms with Crippen LogP contribution in [0.1, 0.15) is 45.0 Å². The van der Waals surface area contributed by atoms with Crippen LogP contribution in [0.5, 0.6) is 0 Å². The maximum Gasteiger partial charge on any atom is 0.249 e. The molecule has 6 heteroatoms. The van der Waals surface area contributed by atoms with Crippen LogP contribution in [0.15, 0.2) is 28.8 Å². The highest BCUT2D eigenvalue weighted by atomic mass is 35.5. The zero-order valence-corrected chi connectivity index (χ0v) is 14.1. The monoisotopic (exact) mass is 333 g/mol. The molecule has 1 unspecified atom stereocenters. The van der Waals surface area contributed by atoms with Crippen molar-refractivity contribution in [1.29, 1.82) is 0 Å². The fourth-order valence-electron chi connectivity index (χ4n) is 2.87. The lowest BCUT2D eigenvalue weighted by atomic mass is 10.00. The summed E-state index contributed by atoms with van der Waals surface area (Å²) >= 11 is 5.90. The van der Waals surface area contributed by atoms with E-state index in [0.29, 0.717) is 16.7 Å². The first kappa shape index (κ1) is 16.0. The van der Waals surface area contributed by atoms with Crippen molar-refractivity contribution >= 4 is 17.5 Å². The number of amides is 1. The molecule has 2 aromatic rings. The number of halogens is 1. The predicted octanol–water partition coefficient (Wildman–Crippen LogP) is 4.10. The quantitative estimate of drug-likeness (QED) is 0.848. The molecule has 1 aliphatic heterocycles. The van der Waals surface area contributed by atoms with E-state index in [4.69, 9.17) is 16.1 Å². The van der Waals surface area contributed by atoms with Crippen molar-refractivity contribution in [3.63, 3.8) is 0 Å². The maximum atomic E-state index is 12.4. The summed E-state index contributed by atoms with van der Waals surface area (Å²) in [4.78, 5) is 18.8. The predicted molar refractivity (Wildman–Crippen MR) is 87.9 cm³/mol. The number of hydrogen-bond donors (Lipinski definition) is 0. The van der Waals surface area contributed by atoms with Gasteiger partial charge in [-0.2, -0.15) is 4.98 Å². The van der Waals surface area contributed by atoms with Gasteiger partial charge in [-0.3, -0.25) is 4.79 Å². The minimum atomic E-state index is -0.118. The Morgan fingerprint density at radius 2 is 2.04 bits per heavy atom. The number of piperidine rings is 1. The summed E-state index contributed by atoms with van der Waals surface area (Å²) in [5, 5.41) is 4.73. The molecule has 3 rings (SSSR count). The number of likely N-dealkylation sites (tertiary alicyclic amines) is 1. The highest BCUT2D eigenvalue weighted by Gasteiger charge is 2.33. The van der Waals surface area contributed by atoms with E-state index < -0.39 is 0 Å². The molecule has 0 spiro atoms. The molecule has 1 fully saturated rings. The van der Waals surface area contributed by atoms with Gasteiger partial charge in [0.1, 0.15) is 6.04 Å². The number of benzene rings is 1. The number of hydrogen-bond acceptors (Lipinski definition) is 4. The Labute approximate surface area is 140 Å². The van der Waals surface area contributed by atoms with Crippen LogP contribution in [0.2, 0.25) is 5.02 Å². The first-order chi connectivity index (χ1) is 11.1. The van der Waals surface area contributed by atoms with E-state index in [1.165, 1.54) is 0 Å². The average molecular weight is 334 g/mol. The van der Waals surface area contributed by atoms with Crippen molar-refractivity contribution in [2.75, 3.05) is 6.54 Å². The van der Waals surface area contributed by atoms with Crippen LogP contribution in [-0.2, 0) is 4.79 Å². The summed E-state index contributed by atoms with van der Waals surface area (Å²) < 4.78 is 5.46. The van der Waals surface area contributed by atoms with Gasteiger partial charge in [0, 0.05) is 23.0 Å². The van der Waals surface area contributed by atoms with Gasteiger partial charge in [0.2, 0.25) is 17.6 Å². The first-order valence-corrected chi connectivity index (χ1v) is 8.34. The zero-order valence-electron chi connectivity index (χ0n) is 13.3. The third kappa shape index (κ3) is 3.39. The molecule has 0 aliphatic carbocycles. The molecule has 1 aromatic heterocycles. The Hall–Kier alpha value is -1.88. The summed E-state index contributed by atoms with van der Waals surface area (Å²) in [5.41, 5.74) is 0.849. The van der Waals surface area contributed by atoms with E-state index in [2.05, 4.69) is 10.1 Å². The van der Waals surface area contributed by atoms with Crippen LogP contribution in [0, 0.1) is 5.92 Å². The smallest absolute Gasteiger partial charge is 0.249 e. The summed E-state index contributed by atoms with van der Waals surface area (Å²) in [6, 6.07) is 7.18. The van der Waals surface area contributed by atoms with Gasteiger partial charge in [-0.1, -0.05) is 30.6 Å². The Morgan fingerprint density at radius 3 is 2.74 bits per heavy atom. The van der Waals surface area contributed by atoms with Gasteiger partial charge >= 0.3 is 0 Å². The SMILES string of the molecule is CC(C)C(=O)N1CCCCC1c1nc(-c2ccc(Cl)cc2)no1. The van der Waals surface area contributed by atoms with Gasteiger partial charge in [0.25, 0.3) is 0 Å². The summed E-state index contributed by atoms with van der Waals surface area (Å²) in [5.74, 6) is 1.15. The molecule has 0 bridgehead atoms. The number of rotatable bonds is 3. The summed E-state index contributed by atoms with van der Waals surface area (Å²) in [7, 11) is 0. The molecule has 122 valence electrons. The molecule has 1 atom stereocenters. The number of carbonyl (C=O) groups excluding carboxylic acids is 1. The molecule has 0 saturated carbocycles. The highest BCUT2D eigenvalue weighted by molar-refractivity contribution is 6.30. The molecule has 1 aromatic carbocycles. The van der Waals surface area contributed by atoms with Crippen LogP contribution in [0.25, 0.3) is 11.4 Å². The zero-order chi connectivity index (χ0) is 16.4. The normalized spacial score (nSPS) is 18.4. The largest absolute Gasteiger partial charge is 0.337 e. The average Bonchev–Trinajstić information content (AvgIpc) is 3.04. The van der Waals surface area contributed by atoms with Crippen LogP contribution in [0.4, 0.5) is 0 Å². The maximum absolute atomic E-state index is 12.4. The molecule has 2 heterocycles. The van der Waals surface area contributed by atoms with Crippen molar-refractivity contribution in [1.82, 2.24) is 15.0 Å². The molecule has 0 radical (unpaired) electrons. The molecular formula is C17H20ClN3O2. The Kier molecular flexibility index (Phi) is 4.66. The van der Waals surface area contributed by atoms with Crippen LogP contribution in [-0.4, -0.2) is 27.5 Å². The third-order valence-electron chi connectivity index (χ3n) is 4.11. The minimum absolute atomic E-state index is 0.0331. The van der Waals surface area contributed by atoms with Crippen molar-refractivity contribution in [2.24, 2.45) is 5.92 Å². The van der Waals surface area contributed by atoms with E-state index in [1.807, 2.05) is 30.9 Å². The number of aromatic nitrogens is 2. The van der Waals surface area contributed by atoms with E-state index in [-0.39, 0.29) is 17.9 Å². The lowest BCUT2D eigenvalue weighted by Crippen LogP contribution is -2.40. The molecular weight excluding hydrogens is 314 g/mol. The van der Waals surface area contributed by atoms with Gasteiger partial charge in [-0.05, 0) is 43.5 Å². The van der Waals surface area contributed by atoms with Gasteiger partial charge < -0.3 is 9.42 Å². The van der Waals surface area contributed by atoms with Crippen LogP contribution >= 0.6 is 11.6 Å². The lowest BCUT2D eigenvalue weighted by molar-refractivity contribution is -0.139. The highest BCUT2D eigenvalue weighted by Crippen LogP contribution is 2.32. The van der Waals surface area contributed by atoms with Gasteiger partial charge in [0.05, 0.1) is 0 Å². The van der Waals surface area contributed by atoms with Crippen LogP contribution < -0.4 is 0 Å². The fraction of sp³-hybridized carbons (Fsp3) is 0.471. The molecule has 5 nitrogen and oxygen atoms in total. The van der Waals surface area contributed by atoms with Gasteiger partial charge in [-0.15, -0.1) is 0 Å². The van der Waals surface area contributed by atoms with Gasteiger partial charge in [-0.25, -0.2) is 0 Å². The fourth-order valence-corrected chi connectivity index (χ4v) is 3.00. The van der Waals surface area contributed by atoms with E-state index in [0.717, 1.165) is 31.4 Å². The second kappa shape index (κ2) is 6.71. The Morgan fingerprint density at radius 1 is 1.30 bits per heavy atom. The summed E-state index contributed by atoms with van der Waals surface area (Å²) in [6.45, 7) is 4.59. The first-order valence-electron chi connectivity index (χ1n) is 7.96. The molecule has 1 amide bonds. The van der Waals surface area contributed by atoms with E-state index >= 15 is 0 Å². The lowest BCUT2D eigenvalue weighted by Gasteiger charge is -2.34. The van der Waals surface area contributed by atoms with Crippen LogP contribution in [0.3, 0.4) is 0 Å². The Bertz CT molecular complexity index is 681. The topological polar surface area (TPSA) is 59.2 Å². The van der Waals surface area contributed by atoms with E-state index in [9.17, 15) is 4.79 Å². The minimum Gasteiger partial charge on any atom is -0.337 e.